The Morgan fingerprint density at radius 3 is 2.68 bits per heavy atom. The molecule has 1 aromatic carbocycles. The predicted octanol–water partition coefficient (Wildman–Crippen LogP) is 1.35. The van der Waals surface area contributed by atoms with Crippen molar-refractivity contribution in [1.29, 1.82) is 0 Å². The van der Waals surface area contributed by atoms with Crippen molar-refractivity contribution in [3.8, 4) is 0 Å². The molecule has 1 saturated heterocycles. The molecule has 2 N–H and O–H groups in total. The van der Waals surface area contributed by atoms with E-state index in [4.69, 9.17) is 0 Å². The van der Waals surface area contributed by atoms with E-state index in [1.807, 2.05) is 0 Å². The molecule has 102 valence electrons. The zero-order valence-corrected chi connectivity index (χ0v) is 10.6. The third kappa shape index (κ3) is 3.75. The maximum atomic E-state index is 11.9. The van der Waals surface area contributed by atoms with E-state index in [1.165, 1.54) is 12.1 Å². The molecule has 1 fully saturated rings. The van der Waals surface area contributed by atoms with E-state index in [2.05, 4.69) is 10.6 Å². The third-order valence-electron chi connectivity index (χ3n) is 3.24. The van der Waals surface area contributed by atoms with E-state index < -0.39 is 4.92 Å². The zero-order chi connectivity index (χ0) is 13.7. The summed E-state index contributed by atoms with van der Waals surface area (Å²) in [7, 11) is 0. The topological polar surface area (TPSA) is 84.3 Å². The number of carbonyl (C=O) groups is 1. The first-order valence-electron chi connectivity index (χ1n) is 6.41. The fourth-order valence-electron chi connectivity index (χ4n) is 2.12. The Labute approximate surface area is 111 Å². The average Bonchev–Trinajstić information content (AvgIpc) is 2.46. The van der Waals surface area contributed by atoms with Crippen molar-refractivity contribution in [2.24, 2.45) is 0 Å². The van der Waals surface area contributed by atoms with Gasteiger partial charge in [-0.05, 0) is 24.9 Å². The highest BCUT2D eigenvalue weighted by Gasteiger charge is 2.19. The van der Waals surface area contributed by atoms with Crippen molar-refractivity contribution in [1.82, 2.24) is 10.6 Å². The molecule has 6 heteroatoms. The summed E-state index contributed by atoms with van der Waals surface area (Å²) in [6.45, 7) is 1.28. The predicted molar refractivity (Wildman–Crippen MR) is 70.6 cm³/mol. The molecular weight excluding hydrogens is 246 g/mol. The number of hydrogen-bond acceptors (Lipinski definition) is 4. The normalized spacial score (nSPS) is 18.8. The van der Waals surface area contributed by atoms with Gasteiger partial charge in [-0.3, -0.25) is 14.9 Å². The first-order valence-corrected chi connectivity index (χ1v) is 6.41. The molecule has 0 aliphatic carbocycles. The Hall–Kier alpha value is -1.95. The van der Waals surface area contributed by atoms with Crippen molar-refractivity contribution in [3.63, 3.8) is 0 Å². The number of carbonyl (C=O) groups excluding carboxylic acids is 1. The van der Waals surface area contributed by atoms with Crippen LogP contribution in [0.5, 0.6) is 0 Å². The molecule has 0 aromatic heterocycles. The number of non-ortho nitro benzene ring substituents is 1. The minimum Gasteiger partial charge on any atom is -0.351 e. The second-order valence-corrected chi connectivity index (χ2v) is 4.64. The van der Waals surface area contributed by atoms with Crippen LogP contribution in [0.2, 0.25) is 0 Å². The molecular formula is C13H17N3O3. The van der Waals surface area contributed by atoms with Gasteiger partial charge < -0.3 is 10.6 Å². The highest BCUT2D eigenvalue weighted by Crippen LogP contribution is 2.12. The van der Waals surface area contributed by atoms with Crippen LogP contribution in [0.4, 0.5) is 5.69 Å². The number of nitro groups is 1. The van der Waals surface area contributed by atoms with Crippen LogP contribution in [0.25, 0.3) is 0 Å². The van der Waals surface area contributed by atoms with E-state index in [1.54, 1.807) is 12.1 Å². The Morgan fingerprint density at radius 1 is 1.37 bits per heavy atom. The lowest BCUT2D eigenvalue weighted by atomic mass is 10.0. The lowest BCUT2D eigenvalue weighted by Crippen LogP contribution is -2.46. The van der Waals surface area contributed by atoms with Gasteiger partial charge in [-0.15, -0.1) is 0 Å². The van der Waals surface area contributed by atoms with Gasteiger partial charge in [-0.1, -0.05) is 18.6 Å². The summed E-state index contributed by atoms with van der Waals surface area (Å²) in [5, 5.41) is 16.5. The van der Waals surface area contributed by atoms with E-state index in [0.717, 1.165) is 31.4 Å². The molecule has 0 spiro atoms. The number of piperidine rings is 1. The van der Waals surface area contributed by atoms with Gasteiger partial charge in [0.25, 0.3) is 5.69 Å². The van der Waals surface area contributed by atoms with Crippen molar-refractivity contribution in [2.75, 3.05) is 6.54 Å². The number of amides is 1. The van der Waals surface area contributed by atoms with E-state index in [9.17, 15) is 14.9 Å². The maximum Gasteiger partial charge on any atom is 0.269 e. The van der Waals surface area contributed by atoms with Gasteiger partial charge in [-0.25, -0.2) is 0 Å². The van der Waals surface area contributed by atoms with Crippen LogP contribution < -0.4 is 10.6 Å². The smallest absolute Gasteiger partial charge is 0.269 e. The summed E-state index contributed by atoms with van der Waals surface area (Å²) < 4.78 is 0. The second kappa shape index (κ2) is 6.29. The van der Waals surface area contributed by atoms with Gasteiger partial charge in [0, 0.05) is 18.7 Å². The molecule has 19 heavy (non-hydrogen) atoms. The summed E-state index contributed by atoms with van der Waals surface area (Å²) >= 11 is 0. The Bertz CT molecular complexity index is 453. The molecule has 1 amide bonds. The van der Waals surface area contributed by atoms with Gasteiger partial charge in [0.1, 0.15) is 0 Å². The fraction of sp³-hybridized carbons (Fsp3) is 0.462. The van der Waals surface area contributed by atoms with Gasteiger partial charge in [0.05, 0.1) is 11.0 Å². The molecule has 0 unspecified atom stereocenters. The lowest BCUT2D eigenvalue weighted by molar-refractivity contribution is -0.384. The fourth-order valence-corrected chi connectivity index (χ4v) is 2.12. The Balaban J connectivity index is 1.84. The van der Waals surface area contributed by atoms with E-state index in [-0.39, 0.29) is 17.6 Å². The molecule has 6 nitrogen and oxygen atoms in total. The number of nitro benzene ring substituents is 1. The largest absolute Gasteiger partial charge is 0.351 e. The third-order valence-corrected chi connectivity index (χ3v) is 3.24. The Kier molecular flexibility index (Phi) is 4.46. The summed E-state index contributed by atoms with van der Waals surface area (Å²) in [5.41, 5.74) is 0.916. The minimum atomic E-state index is -0.436. The van der Waals surface area contributed by atoms with Crippen LogP contribution in [0.15, 0.2) is 24.3 Å². The van der Waals surface area contributed by atoms with Crippen LogP contribution in [0.3, 0.4) is 0 Å². The highest BCUT2D eigenvalue weighted by atomic mass is 16.6. The molecule has 1 aliphatic heterocycles. The van der Waals surface area contributed by atoms with Crippen LogP contribution in [-0.4, -0.2) is 23.4 Å². The summed E-state index contributed by atoms with van der Waals surface area (Å²) in [6.07, 6.45) is 3.06. The summed E-state index contributed by atoms with van der Waals surface area (Å²) in [4.78, 5) is 21.9. The summed E-state index contributed by atoms with van der Waals surface area (Å²) in [5.74, 6) is -0.00180. The zero-order valence-electron chi connectivity index (χ0n) is 10.6. The second-order valence-electron chi connectivity index (χ2n) is 4.64. The first kappa shape index (κ1) is 13.5. The van der Waals surface area contributed by atoms with Gasteiger partial charge in [0.15, 0.2) is 0 Å². The van der Waals surface area contributed by atoms with Crippen molar-refractivity contribution in [2.45, 2.75) is 31.8 Å². The van der Waals surface area contributed by atoms with E-state index in [0.29, 0.717) is 6.54 Å². The first-order chi connectivity index (χ1) is 9.16. The monoisotopic (exact) mass is 263 g/mol. The molecule has 1 aliphatic rings. The van der Waals surface area contributed by atoms with Crippen molar-refractivity contribution < 1.29 is 9.72 Å². The summed E-state index contributed by atoms with van der Waals surface area (Å²) in [6, 6.07) is 6.10. The van der Waals surface area contributed by atoms with Crippen LogP contribution >= 0.6 is 0 Å². The van der Waals surface area contributed by atoms with Gasteiger partial charge >= 0.3 is 0 Å². The molecule has 0 saturated carbocycles. The highest BCUT2D eigenvalue weighted by molar-refractivity contribution is 5.81. The van der Waals surface area contributed by atoms with Crippen molar-refractivity contribution >= 4 is 11.6 Å². The quantitative estimate of drug-likeness (QED) is 0.634. The van der Waals surface area contributed by atoms with E-state index >= 15 is 0 Å². The molecule has 1 heterocycles. The maximum absolute atomic E-state index is 11.9. The molecule has 2 rings (SSSR count). The van der Waals surface area contributed by atoms with Crippen LogP contribution in [-0.2, 0) is 11.3 Å². The minimum absolute atomic E-state index is 0.00180. The lowest BCUT2D eigenvalue weighted by Gasteiger charge is -2.22. The number of nitrogens with one attached hydrogen (secondary N) is 2. The standard InChI is InChI=1S/C13H17N3O3/c17-13(12-3-1-2-8-14-12)15-9-10-4-6-11(7-5-10)16(18)19/h4-7,12,14H,1-3,8-9H2,(H,15,17)/t12-/m0/s1. The SMILES string of the molecule is O=C(NCc1ccc([N+](=O)[O-])cc1)[C@@H]1CCCCN1. The average molecular weight is 263 g/mol. The van der Waals surface area contributed by atoms with Crippen LogP contribution in [0, 0.1) is 10.1 Å². The Morgan fingerprint density at radius 2 is 2.11 bits per heavy atom. The van der Waals surface area contributed by atoms with Crippen molar-refractivity contribution in [3.05, 3.63) is 39.9 Å². The molecule has 0 radical (unpaired) electrons. The number of hydrogen-bond donors (Lipinski definition) is 2. The number of rotatable bonds is 4. The molecule has 1 aromatic rings. The molecule has 1 atom stereocenters. The number of nitrogens with zero attached hydrogens (tertiary/aromatic N) is 1. The van der Waals surface area contributed by atoms with Crippen LogP contribution in [0.1, 0.15) is 24.8 Å². The van der Waals surface area contributed by atoms with Gasteiger partial charge in [-0.2, -0.15) is 0 Å². The van der Waals surface area contributed by atoms with Gasteiger partial charge in [0.2, 0.25) is 5.91 Å². The number of benzene rings is 1. The molecule has 0 bridgehead atoms.